The lowest BCUT2D eigenvalue weighted by atomic mass is 10.1. The zero-order valence-corrected chi connectivity index (χ0v) is 17.1. The molecular weight excluding hydrogens is 403 g/mol. The standard InChI is InChI=1S/C17H30N4O.HI/c1-5-21(6-2)14-13-20-17(18-3)19-12-11-15-9-7-8-10-16(15)22-4;/h7-10H,5-6,11-14H2,1-4H3,(H2,18,19,20);1H. The quantitative estimate of drug-likeness (QED) is 0.356. The van der Waals surface area contributed by atoms with E-state index in [1.54, 1.807) is 14.2 Å². The van der Waals surface area contributed by atoms with Gasteiger partial charge in [-0.05, 0) is 31.1 Å². The molecule has 0 fully saturated rings. The van der Waals surface area contributed by atoms with E-state index in [2.05, 4.69) is 40.4 Å². The van der Waals surface area contributed by atoms with Crippen LogP contribution in [0.15, 0.2) is 29.3 Å². The first-order valence-electron chi connectivity index (χ1n) is 8.03. The summed E-state index contributed by atoms with van der Waals surface area (Å²) in [7, 11) is 3.51. The van der Waals surface area contributed by atoms with Crippen molar-refractivity contribution in [2.45, 2.75) is 20.3 Å². The monoisotopic (exact) mass is 434 g/mol. The Bertz CT molecular complexity index is 450. The molecule has 0 unspecified atom stereocenters. The number of guanidine groups is 1. The van der Waals surface area contributed by atoms with Crippen molar-refractivity contribution in [1.29, 1.82) is 0 Å². The van der Waals surface area contributed by atoms with Crippen LogP contribution in [0.5, 0.6) is 5.75 Å². The highest BCUT2D eigenvalue weighted by molar-refractivity contribution is 14.0. The number of para-hydroxylation sites is 1. The molecule has 132 valence electrons. The fourth-order valence-corrected chi connectivity index (χ4v) is 2.32. The fraction of sp³-hybridized carbons (Fsp3) is 0.588. The number of rotatable bonds is 9. The first kappa shape index (κ1) is 22.0. The van der Waals surface area contributed by atoms with Crippen molar-refractivity contribution in [2.24, 2.45) is 4.99 Å². The Labute approximate surface area is 157 Å². The Balaban J connectivity index is 0.00000484. The summed E-state index contributed by atoms with van der Waals surface area (Å²) < 4.78 is 5.37. The molecule has 1 aromatic rings. The van der Waals surface area contributed by atoms with E-state index >= 15 is 0 Å². The minimum absolute atomic E-state index is 0. The lowest BCUT2D eigenvalue weighted by Crippen LogP contribution is -2.42. The Kier molecular flexibility index (Phi) is 12.8. The molecule has 0 amide bonds. The third kappa shape index (κ3) is 8.41. The number of methoxy groups -OCH3 is 1. The van der Waals surface area contributed by atoms with Crippen LogP contribution < -0.4 is 15.4 Å². The Morgan fingerprint density at radius 2 is 1.78 bits per heavy atom. The maximum absolute atomic E-state index is 5.37. The largest absolute Gasteiger partial charge is 0.496 e. The summed E-state index contributed by atoms with van der Waals surface area (Å²) in [5, 5.41) is 6.69. The van der Waals surface area contributed by atoms with Gasteiger partial charge in [0.1, 0.15) is 5.75 Å². The van der Waals surface area contributed by atoms with Crippen LogP contribution in [0.25, 0.3) is 0 Å². The highest BCUT2D eigenvalue weighted by atomic mass is 127. The lowest BCUT2D eigenvalue weighted by Gasteiger charge is -2.19. The van der Waals surface area contributed by atoms with Crippen LogP contribution in [0.3, 0.4) is 0 Å². The van der Waals surface area contributed by atoms with E-state index in [4.69, 9.17) is 4.74 Å². The number of hydrogen-bond donors (Lipinski definition) is 2. The van der Waals surface area contributed by atoms with E-state index in [1.807, 2.05) is 18.2 Å². The van der Waals surface area contributed by atoms with Crippen molar-refractivity contribution in [1.82, 2.24) is 15.5 Å². The maximum Gasteiger partial charge on any atom is 0.191 e. The predicted octanol–water partition coefficient (Wildman–Crippen LogP) is 2.36. The van der Waals surface area contributed by atoms with Gasteiger partial charge in [0.25, 0.3) is 0 Å². The molecular formula is C17H31IN4O. The summed E-state index contributed by atoms with van der Waals surface area (Å²) in [5.41, 5.74) is 1.20. The van der Waals surface area contributed by atoms with Crippen molar-refractivity contribution in [3.8, 4) is 5.75 Å². The first-order chi connectivity index (χ1) is 10.7. The Morgan fingerprint density at radius 3 is 2.39 bits per heavy atom. The normalized spacial score (nSPS) is 11.1. The van der Waals surface area contributed by atoms with Crippen LogP contribution >= 0.6 is 24.0 Å². The van der Waals surface area contributed by atoms with E-state index in [1.165, 1.54) is 5.56 Å². The molecule has 0 aliphatic heterocycles. The third-order valence-electron chi connectivity index (χ3n) is 3.72. The second kappa shape index (κ2) is 13.4. The smallest absolute Gasteiger partial charge is 0.191 e. The van der Waals surface area contributed by atoms with E-state index in [0.29, 0.717) is 0 Å². The highest BCUT2D eigenvalue weighted by Crippen LogP contribution is 2.17. The molecule has 0 atom stereocenters. The van der Waals surface area contributed by atoms with E-state index < -0.39 is 0 Å². The van der Waals surface area contributed by atoms with Gasteiger partial charge in [0.05, 0.1) is 7.11 Å². The van der Waals surface area contributed by atoms with E-state index in [0.717, 1.165) is 50.9 Å². The molecule has 1 aromatic carbocycles. The van der Waals surface area contributed by atoms with Gasteiger partial charge in [-0.15, -0.1) is 24.0 Å². The van der Waals surface area contributed by atoms with Crippen molar-refractivity contribution >= 4 is 29.9 Å². The molecule has 6 heteroatoms. The molecule has 0 radical (unpaired) electrons. The maximum atomic E-state index is 5.37. The van der Waals surface area contributed by atoms with E-state index in [-0.39, 0.29) is 24.0 Å². The molecule has 2 N–H and O–H groups in total. The van der Waals surface area contributed by atoms with Crippen molar-refractivity contribution < 1.29 is 4.74 Å². The number of nitrogens with one attached hydrogen (secondary N) is 2. The number of halogens is 1. The molecule has 0 spiro atoms. The molecule has 0 bridgehead atoms. The summed E-state index contributed by atoms with van der Waals surface area (Å²) in [6.07, 6.45) is 0.904. The third-order valence-corrected chi connectivity index (χ3v) is 3.72. The van der Waals surface area contributed by atoms with Gasteiger partial charge in [-0.3, -0.25) is 4.99 Å². The zero-order valence-electron chi connectivity index (χ0n) is 14.8. The van der Waals surface area contributed by atoms with Crippen molar-refractivity contribution in [2.75, 3.05) is 46.9 Å². The molecule has 5 nitrogen and oxygen atoms in total. The van der Waals surface area contributed by atoms with Gasteiger partial charge in [-0.2, -0.15) is 0 Å². The minimum atomic E-state index is 0. The number of hydrogen-bond acceptors (Lipinski definition) is 3. The van der Waals surface area contributed by atoms with Gasteiger partial charge in [0.2, 0.25) is 0 Å². The van der Waals surface area contributed by atoms with Crippen LogP contribution in [-0.2, 0) is 6.42 Å². The SMILES string of the molecule is CCN(CC)CCNC(=NC)NCCc1ccccc1OC.I. The number of likely N-dealkylation sites (N-methyl/N-ethyl adjacent to an activating group) is 1. The average molecular weight is 434 g/mol. The van der Waals surface area contributed by atoms with Gasteiger partial charge in [0, 0.05) is 26.7 Å². The second-order valence-corrected chi connectivity index (χ2v) is 5.01. The molecule has 23 heavy (non-hydrogen) atoms. The van der Waals surface area contributed by atoms with Gasteiger partial charge in [-0.25, -0.2) is 0 Å². The number of aliphatic imine (C=N–C) groups is 1. The molecule has 0 saturated carbocycles. The van der Waals surface area contributed by atoms with Crippen LogP contribution in [0.4, 0.5) is 0 Å². The lowest BCUT2D eigenvalue weighted by molar-refractivity contribution is 0.308. The summed E-state index contributed by atoms with van der Waals surface area (Å²) in [6, 6.07) is 8.11. The summed E-state index contributed by atoms with van der Waals surface area (Å²) >= 11 is 0. The van der Waals surface area contributed by atoms with Crippen LogP contribution in [0.1, 0.15) is 19.4 Å². The molecule has 0 aliphatic rings. The summed E-state index contributed by atoms with van der Waals surface area (Å²) in [5.74, 6) is 1.79. The number of benzene rings is 1. The number of ether oxygens (including phenoxy) is 1. The molecule has 0 saturated heterocycles. The second-order valence-electron chi connectivity index (χ2n) is 5.01. The fourth-order valence-electron chi connectivity index (χ4n) is 2.32. The summed E-state index contributed by atoms with van der Waals surface area (Å²) in [4.78, 5) is 6.64. The zero-order chi connectivity index (χ0) is 16.2. The van der Waals surface area contributed by atoms with E-state index in [9.17, 15) is 0 Å². The Morgan fingerprint density at radius 1 is 1.13 bits per heavy atom. The van der Waals surface area contributed by atoms with Gasteiger partial charge in [0.15, 0.2) is 5.96 Å². The van der Waals surface area contributed by atoms with Gasteiger partial charge in [-0.1, -0.05) is 32.0 Å². The van der Waals surface area contributed by atoms with Crippen LogP contribution in [0.2, 0.25) is 0 Å². The molecule has 1 rings (SSSR count). The number of nitrogens with zero attached hydrogens (tertiary/aromatic N) is 2. The van der Waals surface area contributed by atoms with Crippen molar-refractivity contribution in [3.63, 3.8) is 0 Å². The summed E-state index contributed by atoms with van der Waals surface area (Å²) in [6.45, 7) is 9.28. The predicted molar refractivity (Wildman–Crippen MR) is 109 cm³/mol. The first-order valence-corrected chi connectivity index (χ1v) is 8.03. The topological polar surface area (TPSA) is 48.9 Å². The van der Waals surface area contributed by atoms with Crippen molar-refractivity contribution in [3.05, 3.63) is 29.8 Å². The van der Waals surface area contributed by atoms with Gasteiger partial charge >= 0.3 is 0 Å². The molecule has 0 aliphatic carbocycles. The van der Waals surface area contributed by atoms with Crippen LogP contribution in [0, 0.1) is 0 Å². The average Bonchev–Trinajstić information content (AvgIpc) is 2.57. The highest BCUT2D eigenvalue weighted by Gasteiger charge is 2.03. The minimum Gasteiger partial charge on any atom is -0.496 e. The Hall–Kier alpha value is -1.02. The molecule has 0 aromatic heterocycles. The van der Waals surface area contributed by atoms with Crippen LogP contribution in [-0.4, -0.2) is 57.7 Å². The van der Waals surface area contributed by atoms with Gasteiger partial charge < -0.3 is 20.3 Å². The molecule has 0 heterocycles.